The Bertz CT molecular complexity index is 1620. The molecule has 10 nitrogen and oxygen atoms in total. The fourth-order valence-electron chi connectivity index (χ4n) is 4.19. The van der Waals surface area contributed by atoms with Gasteiger partial charge in [-0.05, 0) is 62.3 Å². The lowest BCUT2D eigenvalue weighted by molar-refractivity contribution is -0.880. The van der Waals surface area contributed by atoms with Gasteiger partial charge in [0.25, 0.3) is 0 Å². The quantitative estimate of drug-likeness (QED) is 0.127. The van der Waals surface area contributed by atoms with Crippen LogP contribution in [-0.4, -0.2) is 69.2 Å². The summed E-state index contributed by atoms with van der Waals surface area (Å²) in [4.78, 5) is 39.1. The largest absolute Gasteiger partial charge is 0.454 e. The number of halogens is 5. The molecule has 2 aromatic heterocycles. The van der Waals surface area contributed by atoms with Gasteiger partial charge in [-0.1, -0.05) is 11.6 Å². The summed E-state index contributed by atoms with van der Waals surface area (Å²) in [5.41, 5.74) is 0.568. The average molecular weight is 654 g/mol. The van der Waals surface area contributed by atoms with Crippen molar-refractivity contribution in [2.24, 2.45) is 4.99 Å². The number of carbonyl (C=O) groups is 1. The summed E-state index contributed by atoms with van der Waals surface area (Å²) in [5, 5.41) is 15.6. The Morgan fingerprint density at radius 3 is 2.68 bits per heavy atom. The number of nitro groups is 1. The maximum absolute atomic E-state index is 13.1. The highest BCUT2D eigenvalue weighted by atomic mass is 79.9. The maximum Gasteiger partial charge on any atom is 0.454 e. The summed E-state index contributed by atoms with van der Waals surface area (Å²) in [6.07, 6.45) is 0.508. The van der Waals surface area contributed by atoms with Gasteiger partial charge >= 0.3 is 12.0 Å². The number of pyridine rings is 1. The minimum absolute atomic E-state index is 0.00976. The molecule has 0 radical (unpaired) electrons. The van der Waals surface area contributed by atoms with Crippen LogP contribution in [-0.2, 0) is 11.2 Å². The van der Waals surface area contributed by atoms with Crippen LogP contribution in [0.5, 0.6) is 0 Å². The van der Waals surface area contributed by atoms with E-state index < -0.39 is 29.1 Å². The van der Waals surface area contributed by atoms with Crippen LogP contribution in [0, 0.1) is 10.1 Å². The molecule has 0 amide bonds. The fraction of sp³-hybridized carbons (Fsp3) is 0.269. The minimum atomic E-state index is -4.74. The Balaban J connectivity index is 1.41. The number of likely N-dealkylation sites (N-methyl/N-ethyl adjacent to an activating group) is 1. The first-order chi connectivity index (χ1) is 19.2. The van der Waals surface area contributed by atoms with Crippen LogP contribution in [0.3, 0.4) is 0 Å². The van der Waals surface area contributed by atoms with Crippen LogP contribution in [0.4, 0.5) is 24.7 Å². The van der Waals surface area contributed by atoms with Gasteiger partial charge in [0.05, 0.1) is 55.8 Å². The summed E-state index contributed by atoms with van der Waals surface area (Å²) in [7, 11) is 3.39. The Morgan fingerprint density at radius 2 is 2.00 bits per heavy atom. The molecule has 0 spiro atoms. The van der Waals surface area contributed by atoms with Gasteiger partial charge < -0.3 is 19.9 Å². The predicted molar refractivity (Wildman–Crippen MR) is 152 cm³/mol. The number of alkyl halides is 3. The molecule has 1 aliphatic heterocycles. The van der Waals surface area contributed by atoms with Gasteiger partial charge in [0, 0.05) is 21.2 Å². The molecular formula is C26H23BrClF3N7O3+. The number of nitrogens with one attached hydrogen (secondary N) is 1. The summed E-state index contributed by atoms with van der Waals surface area (Å²) in [5.74, 6) is -0.518. The van der Waals surface area contributed by atoms with Gasteiger partial charge in [0.15, 0.2) is 5.78 Å². The van der Waals surface area contributed by atoms with Gasteiger partial charge in [-0.15, -0.1) is 0 Å². The van der Waals surface area contributed by atoms with Crippen LogP contribution >= 0.6 is 27.5 Å². The summed E-state index contributed by atoms with van der Waals surface area (Å²) in [6.45, 7) is 0.202. The molecule has 1 aliphatic rings. The highest BCUT2D eigenvalue weighted by molar-refractivity contribution is 9.10. The Labute approximate surface area is 245 Å². The van der Waals surface area contributed by atoms with Gasteiger partial charge in [0.1, 0.15) is 18.7 Å². The maximum atomic E-state index is 13.1. The summed E-state index contributed by atoms with van der Waals surface area (Å²) < 4.78 is 40.0. The number of aromatic nitrogens is 3. The van der Waals surface area contributed by atoms with Crippen molar-refractivity contribution in [1.82, 2.24) is 15.0 Å². The number of carbonyl (C=O) groups excluding carboxylic acids is 1. The van der Waals surface area contributed by atoms with E-state index in [1.165, 1.54) is 12.4 Å². The summed E-state index contributed by atoms with van der Waals surface area (Å²) >= 11 is 9.53. The topological polar surface area (TPSA) is 123 Å². The van der Waals surface area contributed by atoms with Gasteiger partial charge in [-0.3, -0.25) is 9.78 Å². The van der Waals surface area contributed by atoms with Crippen LogP contribution in [0.25, 0.3) is 10.9 Å². The molecule has 0 atom stereocenters. The monoisotopic (exact) mass is 652 g/mol. The zero-order chi connectivity index (χ0) is 29.9. The highest BCUT2D eigenvalue weighted by Gasteiger charge is 2.47. The molecule has 15 heteroatoms. The highest BCUT2D eigenvalue weighted by Crippen LogP contribution is 2.31. The molecule has 0 saturated heterocycles. The Hall–Kier alpha value is -3.75. The number of hydrogen-bond donors (Lipinski definition) is 1. The van der Waals surface area contributed by atoms with Crippen molar-refractivity contribution in [3.05, 3.63) is 85.6 Å². The van der Waals surface area contributed by atoms with E-state index in [1.54, 1.807) is 44.6 Å². The lowest BCUT2D eigenvalue weighted by Gasteiger charge is -2.28. The van der Waals surface area contributed by atoms with Gasteiger partial charge in [-0.25, -0.2) is 9.97 Å². The first-order valence-corrected chi connectivity index (χ1v) is 13.2. The number of hydrogen-bond acceptors (Lipinski definition) is 8. The molecule has 0 saturated carbocycles. The van der Waals surface area contributed by atoms with E-state index in [1.807, 2.05) is 6.07 Å². The van der Waals surface area contributed by atoms with Gasteiger partial charge in [0.2, 0.25) is 5.71 Å². The van der Waals surface area contributed by atoms with Crippen LogP contribution in [0.1, 0.15) is 12.1 Å². The number of aliphatic imine (C=N–C) groups is 1. The first kappa shape index (κ1) is 30.2. The van der Waals surface area contributed by atoms with E-state index in [2.05, 4.69) is 41.2 Å². The zero-order valence-electron chi connectivity index (χ0n) is 21.7. The number of allylic oxidation sites excluding steroid dienone is 1. The predicted octanol–water partition coefficient (Wildman–Crippen LogP) is 5.82. The van der Waals surface area contributed by atoms with E-state index in [0.717, 1.165) is 4.47 Å². The normalized spacial score (nSPS) is 14.2. The van der Waals surface area contributed by atoms with Crippen molar-refractivity contribution in [2.75, 3.05) is 32.5 Å². The molecule has 1 N–H and O–H groups in total. The molecule has 0 aliphatic carbocycles. The average Bonchev–Trinajstić information content (AvgIpc) is 3.30. The fourth-order valence-corrected chi connectivity index (χ4v) is 4.61. The Morgan fingerprint density at radius 1 is 1.24 bits per heavy atom. The number of ketones is 1. The van der Waals surface area contributed by atoms with E-state index in [4.69, 9.17) is 11.6 Å². The third-order valence-corrected chi connectivity index (χ3v) is 7.31. The molecule has 0 unspecified atom stereocenters. The molecule has 0 fully saturated rings. The lowest BCUT2D eigenvalue weighted by atomic mass is 10.1. The smallest absolute Gasteiger partial charge is 0.358 e. The third kappa shape index (κ3) is 7.71. The number of anilines is 2. The van der Waals surface area contributed by atoms with Crippen LogP contribution in [0.2, 0.25) is 5.02 Å². The zero-order valence-corrected chi connectivity index (χ0v) is 24.1. The van der Waals surface area contributed by atoms with Crippen molar-refractivity contribution in [1.29, 1.82) is 0 Å². The van der Waals surface area contributed by atoms with Crippen molar-refractivity contribution < 1.29 is 27.4 Å². The van der Waals surface area contributed by atoms with Crippen molar-refractivity contribution >= 4 is 61.4 Å². The minimum Gasteiger partial charge on any atom is -0.358 e. The molecule has 214 valence electrons. The number of benzene rings is 1. The number of fused-ring (bicyclic) bond motifs is 1. The molecule has 4 rings (SSSR count). The molecule has 1 aromatic carbocycles. The number of nitrogens with zero attached hydrogens (tertiary/aromatic N) is 6. The molecular weight excluding hydrogens is 631 g/mol. The second-order valence-electron chi connectivity index (χ2n) is 9.91. The van der Waals surface area contributed by atoms with Crippen molar-refractivity contribution in [2.45, 2.75) is 19.0 Å². The molecule has 41 heavy (non-hydrogen) atoms. The summed E-state index contributed by atoms with van der Waals surface area (Å²) in [6, 6.07) is 7.07. The van der Waals surface area contributed by atoms with Crippen LogP contribution in [0.15, 0.2) is 69.8 Å². The lowest BCUT2D eigenvalue weighted by Crippen LogP contribution is -2.41. The third-order valence-electron chi connectivity index (χ3n) is 6.08. The molecule has 0 bridgehead atoms. The number of quaternary nitrogens is 1. The number of rotatable bonds is 10. The van der Waals surface area contributed by atoms with Crippen molar-refractivity contribution in [3.63, 3.8) is 0 Å². The van der Waals surface area contributed by atoms with E-state index in [-0.39, 0.29) is 35.3 Å². The van der Waals surface area contributed by atoms with Gasteiger partial charge in [-0.2, -0.15) is 13.2 Å². The molecule has 3 heterocycles. The standard InChI is InChI=1S/C26H23BrClF3N7O3/c1-38(2,13-15-8-23(26(29,30)31)36-25(15)37(40)41)7-3-4-18(39)9-17-10-19-22(12-32-17)33-14-34-24(19)35-16-5-6-20(27)21(28)11-16/h3-6,10-12,14H,7-9,13H2,1-2H3,(H,33,34,35)/q+1/b4-3+. The van der Waals surface area contributed by atoms with E-state index >= 15 is 0 Å². The molecule has 3 aromatic rings. The second kappa shape index (κ2) is 12.0. The first-order valence-electron chi connectivity index (χ1n) is 12.1. The second-order valence-corrected chi connectivity index (χ2v) is 11.2. The SMILES string of the molecule is C[N+](C)(C/C=C/C(=O)Cc1cc2c(Nc3ccc(Br)c(Cl)c3)ncnc2cn1)CC1=C([N+](=O)[O-])N=C(C(F)(F)F)C1. The Kier molecular flexibility index (Phi) is 8.85. The van der Waals surface area contributed by atoms with Crippen LogP contribution < -0.4 is 5.32 Å². The van der Waals surface area contributed by atoms with Crippen molar-refractivity contribution in [3.8, 4) is 0 Å². The van der Waals surface area contributed by atoms with E-state index in [0.29, 0.717) is 33.1 Å². The van der Waals surface area contributed by atoms with E-state index in [9.17, 15) is 28.1 Å².